The van der Waals surface area contributed by atoms with Crippen molar-refractivity contribution in [1.82, 2.24) is 9.62 Å². The van der Waals surface area contributed by atoms with Crippen molar-refractivity contribution in [3.63, 3.8) is 0 Å². The number of benzene rings is 1. The van der Waals surface area contributed by atoms with Crippen LogP contribution in [0.3, 0.4) is 0 Å². The second kappa shape index (κ2) is 7.79. The lowest BCUT2D eigenvalue weighted by atomic mass is 10.2. The second-order valence-electron chi connectivity index (χ2n) is 5.85. The number of halogens is 1. The Balaban J connectivity index is 1.79. The number of hydrogen-bond donors (Lipinski definition) is 1. The van der Waals surface area contributed by atoms with E-state index in [0.29, 0.717) is 19.0 Å². The number of nitrogens with zero attached hydrogens (tertiary/aromatic N) is 1. The molecule has 0 spiro atoms. The number of amides is 1. The lowest BCUT2D eigenvalue weighted by Crippen LogP contribution is -2.40. The minimum atomic E-state index is -3.70. The summed E-state index contributed by atoms with van der Waals surface area (Å²) in [6, 6.07) is 7.68. The van der Waals surface area contributed by atoms with E-state index in [1.165, 1.54) is 22.5 Å². The molecule has 1 N–H and O–H groups in total. The van der Waals surface area contributed by atoms with Crippen LogP contribution in [0.25, 0.3) is 0 Å². The number of ether oxygens (including phenoxy) is 1. The lowest BCUT2D eigenvalue weighted by Gasteiger charge is -2.26. The van der Waals surface area contributed by atoms with E-state index < -0.39 is 15.9 Å². The first kappa shape index (κ1) is 18.9. The van der Waals surface area contributed by atoms with Gasteiger partial charge in [-0.25, -0.2) is 8.42 Å². The minimum Gasteiger partial charge on any atom is -0.465 e. The number of aryl methyl sites for hydroxylation is 1. The minimum absolute atomic E-state index is 0.0304. The van der Waals surface area contributed by atoms with Crippen molar-refractivity contribution in [2.75, 3.05) is 26.3 Å². The molecule has 0 unspecified atom stereocenters. The van der Waals surface area contributed by atoms with Crippen LogP contribution in [-0.4, -0.2) is 44.9 Å². The number of nitrogens with one attached hydrogen (secondary N) is 1. The number of morpholine rings is 1. The Labute approximate surface area is 156 Å². The van der Waals surface area contributed by atoms with Gasteiger partial charge in [0.2, 0.25) is 10.0 Å². The maximum absolute atomic E-state index is 12.7. The van der Waals surface area contributed by atoms with Crippen LogP contribution >= 0.6 is 11.6 Å². The monoisotopic (exact) mass is 398 g/mol. The smallest absolute Gasteiger partial charge is 0.253 e. The molecule has 2 heterocycles. The summed E-state index contributed by atoms with van der Waals surface area (Å²) in [5.74, 6) is 0.873. The van der Waals surface area contributed by atoms with E-state index in [1.807, 2.05) is 6.92 Å². The molecule has 1 amide bonds. The third-order valence-electron chi connectivity index (χ3n) is 4.01. The van der Waals surface area contributed by atoms with Crippen molar-refractivity contribution in [3.8, 4) is 0 Å². The molecule has 1 aromatic carbocycles. The first-order valence-electron chi connectivity index (χ1n) is 8.09. The summed E-state index contributed by atoms with van der Waals surface area (Å²) in [5.41, 5.74) is 0.101. The van der Waals surface area contributed by atoms with Crippen LogP contribution in [0.15, 0.2) is 39.6 Å². The fraction of sp³-hybridized carbons (Fsp3) is 0.353. The molecule has 1 fully saturated rings. The molecule has 0 atom stereocenters. The summed E-state index contributed by atoms with van der Waals surface area (Å²) in [5, 5.41) is 2.86. The molecule has 1 aliphatic heterocycles. The first-order valence-corrected chi connectivity index (χ1v) is 9.91. The SMILES string of the molecule is Cc1ccc(CNC(=O)c2cc(S(=O)(=O)N3CCOCC3)ccc2Cl)o1. The third-order valence-corrected chi connectivity index (χ3v) is 6.23. The van der Waals surface area contributed by atoms with Crippen LogP contribution in [0.2, 0.25) is 5.02 Å². The quantitative estimate of drug-likeness (QED) is 0.833. The molecular weight excluding hydrogens is 380 g/mol. The zero-order chi connectivity index (χ0) is 18.7. The van der Waals surface area contributed by atoms with E-state index >= 15 is 0 Å². The number of hydrogen-bond acceptors (Lipinski definition) is 5. The van der Waals surface area contributed by atoms with Gasteiger partial charge in [0.25, 0.3) is 5.91 Å². The lowest BCUT2D eigenvalue weighted by molar-refractivity contribution is 0.0730. The van der Waals surface area contributed by atoms with Gasteiger partial charge in [-0.1, -0.05) is 11.6 Å². The van der Waals surface area contributed by atoms with Crippen LogP contribution in [0.1, 0.15) is 21.9 Å². The van der Waals surface area contributed by atoms with E-state index in [0.717, 1.165) is 5.76 Å². The molecule has 0 aliphatic carbocycles. The van der Waals surface area contributed by atoms with Gasteiger partial charge in [0.1, 0.15) is 11.5 Å². The summed E-state index contributed by atoms with van der Waals surface area (Å²) < 4.78 is 37.4. The average Bonchev–Trinajstić information content (AvgIpc) is 3.06. The molecule has 3 rings (SSSR count). The van der Waals surface area contributed by atoms with E-state index in [-0.39, 0.29) is 35.1 Å². The molecule has 1 saturated heterocycles. The number of rotatable bonds is 5. The van der Waals surface area contributed by atoms with Crippen LogP contribution in [0, 0.1) is 6.92 Å². The van der Waals surface area contributed by atoms with Gasteiger partial charge < -0.3 is 14.5 Å². The van der Waals surface area contributed by atoms with Gasteiger partial charge in [0.15, 0.2) is 0 Å². The molecule has 1 aromatic heterocycles. The largest absolute Gasteiger partial charge is 0.465 e. The van der Waals surface area contributed by atoms with Gasteiger partial charge in [-0.3, -0.25) is 4.79 Å². The van der Waals surface area contributed by atoms with Crippen LogP contribution < -0.4 is 5.32 Å². The Hall–Kier alpha value is -1.87. The highest BCUT2D eigenvalue weighted by Crippen LogP contribution is 2.23. The zero-order valence-corrected chi connectivity index (χ0v) is 15.8. The fourth-order valence-electron chi connectivity index (χ4n) is 2.62. The molecule has 0 bridgehead atoms. The predicted molar refractivity (Wildman–Crippen MR) is 95.6 cm³/mol. The second-order valence-corrected chi connectivity index (χ2v) is 8.20. The van der Waals surface area contributed by atoms with Crippen molar-refractivity contribution in [1.29, 1.82) is 0 Å². The highest BCUT2D eigenvalue weighted by atomic mass is 35.5. The van der Waals surface area contributed by atoms with Gasteiger partial charge in [-0.2, -0.15) is 4.31 Å². The van der Waals surface area contributed by atoms with Crippen LogP contribution in [0.4, 0.5) is 0 Å². The van der Waals surface area contributed by atoms with Crippen molar-refractivity contribution >= 4 is 27.5 Å². The molecule has 0 radical (unpaired) electrons. The summed E-state index contributed by atoms with van der Waals surface area (Å²) in [7, 11) is -3.70. The van der Waals surface area contributed by atoms with Gasteiger partial charge >= 0.3 is 0 Å². The number of sulfonamides is 1. The third kappa shape index (κ3) is 4.09. The fourth-order valence-corrected chi connectivity index (χ4v) is 4.26. The van der Waals surface area contributed by atoms with Crippen molar-refractivity contribution in [2.24, 2.45) is 0 Å². The van der Waals surface area contributed by atoms with Gasteiger partial charge in [0.05, 0.1) is 35.2 Å². The number of carbonyl (C=O) groups is 1. The van der Waals surface area contributed by atoms with Crippen molar-refractivity contribution in [3.05, 3.63) is 52.4 Å². The van der Waals surface area contributed by atoms with Crippen LogP contribution in [-0.2, 0) is 21.3 Å². The highest BCUT2D eigenvalue weighted by molar-refractivity contribution is 7.89. The molecular formula is C17H19ClN2O5S. The normalized spacial score (nSPS) is 15.8. The Bertz CT molecular complexity index is 904. The zero-order valence-electron chi connectivity index (χ0n) is 14.2. The molecule has 9 heteroatoms. The van der Waals surface area contributed by atoms with Crippen LogP contribution in [0.5, 0.6) is 0 Å². The molecule has 0 saturated carbocycles. The summed E-state index contributed by atoms with van der Waals surface area (Å²) in [6.07, 6.45) is 0. The summed E-state index contributed by atoms with van der Waals surface area (Å²) >= 11 is 6.10. The van der Waals surface area contributed by atoms with E-state index in [1.54, 1.807) is 12.1 Å². The predicted octanol–water partition coefficient (Wildman–Crippen LogP) is 2.19. The topological polar surface area (TPSA) is 88.9 Å². The molecule has 2 aromatic rings. The van der Waals surface area contributed by atoms with E-state index in [4.69, 9.17) is 20.8 Å². The number of furan rings is 1. The highest BCUT2D eigenvalue weighted by Gasteiger charge is 2.27. The average molecular weight is 399 g/mol. The Morgan fingerprint density at radius 3 is 2.62 bits per heavy atom. The Kier molecular flexibility index (Phi) is 5.67. The van der Waals surface area contributed by atoms with Gasteiger partial charge in [-0.05, 0) is 37.3 Å². The maximum atomic E-state index is 12.7. The molecule has 140 valence electrons. The van der Waals surface area contributed by atoms with Crippen molar-refractivity contribution < 1.29 is 22.4 Å². The standard InChI is InChI=1S/C17H19ClN2O5S/c1-12-2-3-13(25-12)11-19-17(21)15-10-14(4-5-16(15)18)26(22,23)20-6-8-24-9-7-20/h2-5,10H,6-9,11H2,1H3,(H,19,21). The molecule has 1 aliphatic rings. The molecule has 26 heavy (non-hydrogen) atoms. The summed E-state index contributed by atoms with van der Waals surface area (Å²) in [6.45, 7) is 3.26. The Morgan fingerprint density at radius 2 is 1.96 bits per heavy atom. The maximum Gasteiger partial charge on any atom is 0.253 e. The van der Waals surface area contributed by atoms with E-state index in [2.05, 4.69) is 5.32 Å². The van der Waals surface area contributed by atoms with Gasteiger partial charge in [-0.15, -0.1) is 0 Å². The van der Waals surface area contributed by atoms with Crippen molar-refractivity contribution in [2.45, 2.75) is 18.4 Å². The van der Waals surface area contributed by atoms with E-state index in [9.17, 15) is 13.2 Å². The number of carbonyl (C=O) groups excluding carboxylic acids is 1. The molecule has 7 nitrogen and oxygen atoms in total. The Morgan fingerprint density at radius 1 is 1.23 bits per heavy atom. The summed E-state index contributed by atoms with van der Waals surface area (Å²) in [4.78, 5) is 12.5. The first-order chi connectivity index (χ1) is 12.4. The van der Waals surface area contributed by atoms with Gasteiger partial charge in [0, 0.05) is 13.1 Å².